The lowest BCUT2D eigenvalue weighted by molar-refractivity contribution is -0.157. The fourth-order valence-electron chi connectivity index (χ4n) is 0.870. The van der Waals surface area contributed by atoms with Crippen molar-refractivity contribution < 1.29 is 14.6 Å². The molecule has 0 aromatic rings. The molecule has 0 heterocycles. The number of carbonyl (C=O) groups is 1. The van der Waals surface area contributed by atoms with Gasteiger partial charge >= 0.3 is 5.97 Å². The third-order valence-electron chi connectivity index (χ3n) is 1.32. The first kappa shape index (κ1) is 12.4. The van der Waals surface area contributed by atoms with Gasteiger partial charge in [0.2, 0.25) is 0 Å². The summed E-state index contributed by atoms with van der Waals surface area (Å²) < 4.78 is 5.01. The second-order valence-electron chi connectivity index (χ2n) is 4.02. The van der Waals surface area contributed by atoms with Gasteiger partial charge in [-0.15, -0.1) is 0 Å². The third-order valence-corrected chi connectivity index (χ3v) is 1.32. The lowest BCUT2D eigenvalue weighted by Gasteiger charge is -2.20. The van der Waals surface area contributed by atoms with E-state index in [1.54, 1.807) is 20.8 Å². The van der Waals surface area contributed by atoms with Crippen molar-refractivity contribution in [2.24, 2.45) is 5.73 Å². The molecule has 78 valence electrons. The molecular formula is C9H19NO3. The summed E-state index contributed by atoms with van der Waals surface area (Å²) in [6, 6.07) is 0. The molecule has 4 heteroatoms. The lowest BCUT2D eigenvalue weighted by atomic mass is 10.1. The molecule has 0 amide bonds. The topological polar surface area (TPSA) is 72.5 Å². The van der Waals surface area contributed by atoms with Crippen LogP contribution in [-0.2, 0) is 9.53 Å². The summed E-state index contributed by atoms with van der Waals surface area (Å²) in [6.07, 6.45) is -0.229. The molecule has 0 rings (SSSR count). The van der Waals surface area contributed by atoms with Gasteiger partial charge in [-0.1, -0.05) is 0 Å². The summed E-state index contributed by atoms with van der Waals surface area (Å²) >= 11 is 0. The maximum Gasteiger partial charge on any atom is 0.308 e. The molecule has 3 N–H and O–H groups in total. The summed E-state index contributed by atoms with van der Waals surface area (Å²) in [5.74, 6) is -0.381. The Kier molecular flexibility index (Phi) is 4.95. The molecule has 0 saturated heterocycles. The molecule has 0 aliphatic rings. The molecule has 1 atom stereocenters. The van der Waals surface area contributed by atoms with Gasteiger partial charge in [0.25, 0.3) is 0 Å². The van der Waals surface area contributed by atoms with Gasteiger partial charge in [-0.2, -0.15) is 0 Å². The van der Waals surface area contributed by atoms with Crippen LogP contribution < -0.4 is 5.73 Å². The molecule has 0 fully saturated rings. The molecule has 0 spiro atoms. The van der Waals surface area contributed by atoms with Crippen molar-refractivity contribution in [3.63, 3.8) is 0 Å². The Morgan fingerprint density at radius 1 is 1.54 bits per heavy atom. The zero-order valence-electron chi connectivity index (χ0n) is 8.54. The van der Waals surface area contributed by atoms with Crippen LogP contribution in [0.3, 0.4) is 0 Å². The molecule has 1 unspecified atom stereocenters. The minimum absolute atomic E-state index is 0.0223. The van der Waals surface area contributed by atoms with Gasteiger partial charge in [0.1, 0.15) is 5.60 Å². The van der Waals surface area contributed by atoms with Crippen molar-refractivity contribution in [3.8, 4) is 0 Å². The van der Waals surface area contributed by atoms with E-state index in [0.717, 1.165) is 0 Å². The van der Waals surface area contributed by atoms with Gasteiger partial charge in [0, 0.05) is 0 Å². The Bertz CT molecular complexity index is 163. The number of hydrogen-bond donors (Lipinski definition) is 2. The summed E-state index contributed by atoms with van der Waals surface area (Å²) in [5.41, 5.74) is 4.73. The predicted octanol–water partition coefficient (Wildman–Crippen LogP) is 0.428. The van der Waals surface area contributed by atoms with E-state index in [0.29, 0.717) is 13.0 Å². The monoisotopic (exact) mass is 189 g/mol. The number of esters is 1. The van der Waals surface area contributed by atoms with E-state index >= 15 is 0 Å². The first-order valence-electron chi connectivity index (χ1n) is 4.45. The molecule has 4 nitrogen and oxygen atoms in total. The fourth-order valence-corrected chi connectivity index (χ4v) is 0.870. The summed E-state index contributed by atoms with van der Waals surface area (Å²) in [6.45, 7) is 5.75. The largest absolute Gasteiger partial charge is 0.460 e. The number of aliphatic hydroxyl groups excluding tert-OH is 1. The molecule has 13 heavy (non-hydrogen) atoms. The SMILES string of the molecule is CC(C)(C)OC(=O)CC(O)CCN. The highest BCUT2D eigenvalue weighted by Crippen LogP contribution is 2.09. The second-order valence-corrected chi connectivity index (χ2v) is 4.02. The predicted molar refractivity (Wildman–Crippen MR) is 50.1 cm³/mol. The second kappa shape index (κ2) is 5.19. The fraction of sp³-hybridized carbons (Fsp3) is 0.889. The molecular weight excluding hydrogens is 170 g/mol. The molecule has 0 aliphatic carbocycles. The normalized spacial score (nSPS) is 13.9. The Labute approximate surface area is 79.1 Å². The summed E-state index contributed by atoms with van der Waals surface area (Å²) in [4.78, 5) is 11.1. The Morgan fingerprint density at radius 3 is 2.46 bits per heavy atom. The maximum atomic E-state index is 11.1. The van der Waals surface area contributed by atoms with Gasteiger partial charge in [-0.05, 0) is 33.7 Å². The zero-order chi connectivity index (χ0) is 10.5. The van der Waals surface area contributed by atoms with E-state index < -0.39 is 11.7 Å². The Morgan fingerprint density at radius 2 is 2.08 bits per heavy atom. The van der Waals surface area contributed by atoms with Crippen LogP contribution in [0.4, 0.5) is 0 Å². The van der Waals surface area contributed by atoms with Gasteiger partial charge in [0.15, 0.2) is 0 Å². The number of rotatable bonds is 4. The first-order chi connectivity index (χ1) is 5.85. The van der Waals surface area contributed by atoms with E-state index in [-0.39, 0.29) is 12.4 Å². The van der Waals surface area contributed by atoms with Crippen molar-refractivity contribution in [2.45, 2.75) is 45.3 Å². The van der Waals surface area contributed by atoms with Crippen LogP contribution in [0, 0.1) is 0 Å². The smallest absolute Gasteiger partial charge is 0.308 e. The van der Waals surface area contributed by atoms with Crippen LogP contribution in [-0.4, -0.2) is 29.3 Å². The van der Waals surface area contributed by atoms with Gasteiger partial charge in [-0.25, -0.2) is 0 Å². The number of ether oxygens (including phenoxy) is 1. The molecule has 0 saturated carbocycles. The third kappa shape index (κ3) is 7.74. The van der Waals surface area contributed by atoms with E-state index in [9.17, 15) is 9.90 Å². The Hall–Kier alpha value is -0.610. The van der Waals surface area contributed by atoms with Crippen LogP contribution in [0.5, 0.6) is 0 Å². The van der Waals surface area contributed by atoms with E-state index in [4.69, 9.17) is 10.5 Å². The number of hydrogen-bond acceptors (Lipinski definition) is 4. The van der Waals surface area contributed by atoms with Crippen molar-refractivity contribution >= 4 is 5.97 Å². The van der Waals surface area contributed by atoms with Crippen LogP contribution in [0.15, 0.2) is 0 Å². The van der Waals surface area contributed by atoms with Crippen LogP contribution in [0.2, 0.25) is 0 Å². The molecule has 0 bridgehead atoms. The van der Waals surface area contributed by atoms with Crippen molar-refractivity contribution in [1.82, 2.24) is 0 Å². The van der Waals surface area contributed by atoms with Gasteiger partial charge in [0.05, 0.1) is 12.5 Å². The molecule has 0 aromatic heterocycles. The van der Waals surface area contributed by atoms with Crippen LogP contribution in [0.25, 0.3) is 0 Å². The van der Waals surface area contributed by atoms with Crippen molar-refractivity contribution in [2.75, 3.05) is 6.54 Å². The summed E-state index contributed by atoms with van der Waals surface area (Å²) in [7, 11) is 0. The molecule has 0 aromatic carbocycles. The van der Waals surface area contributed by atoms with E-state index in [1.165, 1.54) is 0 Å². The highest BCUT2D eigenvalue weighted by atomic mass is 16.6. The average Bonchev–Trinajstić information content (AvgIpc) is 1.81. The zero-order valence-corrected chi connectivity index (χ0v) is 8.54. The quantitative estimate of drug-likeness (QED) is 0.629. The lowest BCUT2D eigenvalue weighted by Crippen LogP contribution is -2.27. The number of nitrogens with two attached hydrogens (primary N) is 1. The maximum absolute atomic E-state index is 11.1. The van der Waals surface area contributed by atoms with Crippen LogP contribution >= 0.6 is 0 Å². The van der Waals surface area contributed by atoms with Crippen molar-refractivity contribution in [3.05, 3.63) is 0 Å². The average molecular weight is 189 g/mol. The minimum Gasteiger partial charge on any atom is -0.460 e. The van der Waals surface area contributed by atoms with Gasteiger partial charge < -0.3 is 15.6 Å². The highest BCUT2D eigenvalue weighted by Gasteiger charge is 2.18. The van der Waals surface area contributed by atoms with Crippen LogP contribution in [0.1, 0.15) is 33.6 Å². The van der Waals surface area contributed by atoms with E-state index in [1.807, 2.05) is 0 Å². The highest BCUT2D eigenvalue weighted by molar-refractivity contribution is 5.70. The van der Waals surface area contributed by atoms with Gasteiger partial charge in [-0.3, -0.25) is 4.79 Å². The van der Waals surface area contributed by atoms with Crippen molar-refractivity contribution in [1.29, 1.82) is 0 Å². The standard InChI is InChI=1S/C9H19NO3/c1-9(2,3)13-8(12)6-7(11)4-5-10/h7,11H,4-6,10H2,1-3H3. The summed E-state index contributed by atoms with van der Waals surface area (Å²) in [5, 5.41) is 9.24. The Balaban J connectivity index is 3.74. The number of aliphatic hydroxyl groups is 1. The number of carbonyl (C=O) groups excluding carboxylic acids is 1. The first-order valence-corrected chi connectivity index (χ1v) is 4.45. The van der Waals surface area contributed by atoms with E-state index in [2.05, 4.69) is 0 Å². The molecule has 0 aliphatic heterocycles. The molecule has 0 radical (unpaired) electrons. The minimum atomic E-state index is -0.681.